The van der Waals surface area contributed by atoms with Crippen LogP contribution in [-0.4, -0.2) is 73.4 Å². The molecule has 0 aromatic rings. The lowest BCUT2D eigenvalue weighted by Crippen LogP contribution is -2.61. The minimum absolute atomic E-state index is 0.192. The number of carboxylic acid groups (broad SMARTS) is 1. The molecule has 0 amide bonds. The van der Waals surface area contributed by atoms with Crippen molar-refractivity contribution in [2.75, 3.05) is 46.9 Å². The van der Waals surface area contributed by atoms with Crippen LogP contribution < -0.4 is 0 Å². The largest absolute Gasteiger partial charge is 0.480 e. The molecule has 5 heteroatoms. The fourth-order valence-electron chi connectivity index (χ4n) is 2.00. The molecule has 0 atom stereocenters. The quantitative estimate of drug-likeness (QED) is 0.673. The van der Waals surface area contributed by atoms with Crippen LogP contribution in [0.1, 0.15) is 13.3 Å². The van der Waals surface area contributed by atoms with E-state index in [1.54, 1.807) is 0 Å². The van der Waals surface area contributed by atoms with E-state index in [4.69, 9.17) is 9.84 Å². The van der Waals surface area contributed by atoms with E-state index in [-0.39, 0.29) is 12.2 Å². The van der Waals surface area contributed by atoms with E-state index in [2.05, 4.69) is 23.9 Å². The molecule has 1 saturated heterocycles. The molecule has 1 rings (SSSR count). The Bertz CT molecular complexity index is 237. The SMILES string of the molecule is CN(C)CCCN1CC(C)(OCC(=O)O)C1. The molecule has 0 radical (unpaired) electrons. The molecule has 0 spiro atoms. The first-order valence-electron chi connectivity index (χ1n) is 5.64. The van der Waals surface area contributed by atoms with Gasteiger partial charge >= 0.3 is 5.97 Å². The van der Waals surface area contributed by atoms with Crippen molar-refractivity contribution in [2.45, 2.75) is 18.9 Å². The highest BCUT2D eigenvalue weighted by Gasteiger charge is 2.39. The van der Waals surface area contributed by atoms with Crippen molar-refractivity contribution in [1.82, 2.24) is 9.80 Å². The number of likely N-dealkylation sites (tertiary alicyclic amines) is 1. The Balaban J connectivity index is 2.09. The Labute approximate surface area is 97.0 Å². The summed E-state index contributed by atoms with van der Waals surface area (Å²) < 4.78 is 5.33. The molecule has 0 unspecified atom stereocenters. The average molecular weight is 230 g/mol. The van der Waals surface area contributed by atoms with E-state index in [9.17, 15) is 4.79 Å². The molecule has 1 heterocycles. The van der Waals surface area contributed by atoms with Gasteiger partial charge in [0.2, 0.25) is 0 Å². The summed E-state index contributed by atoms with van der Waals surface area (Å²) in [5.74, 6) is -0.896. The van der Waals surface area contributed by atoms with Crippen molar-refractivity contribution in [3.63, 3.8) is 0 Å². The topological polar surface area (TPSA) is 53.0 Å². The third-order valence-corrected chi connectivity index (χ3v) is 2.74. The minimum atomic E-state index is -0.896. The van der Waals surface area contributed by atoms with Gasteiger partial charge in [-0.15, -0.1) is 0 Å². The Morgan fingerprint density at radius 3 is 2.62 bits per heavy atom. The molecule has 1 N–H and O–H groups in total. The first-order chi connectivity index (χ1) is 7.41. The normalized spacial score (nSPS) is 19.8. The van der Waals surface area contributed by atoms with Crippen LogP contribution in [-0.2, 0) is 9.53 Å². The summed E-state index contributed by atoms with van der Waals surface area (Å²) in [6, 6.07) is 0. The average Bonchev–Trinajstić information content (AvgIpc) is 2.11. The number of carbonyl (C=O) groups is 1. The second-order valence-corrected chi connectivity index (χ2v) is 5.00. The van der Waals surface area contributed by atoms with E-state index in [1.807, 2.05) is 6.92 Å². The standard InChI is InChI=1S/C11H22N2O3/c1-11(16-7-10(14)15)8-13(9-11)6-4-5-12(2)3/h4-9H2,1-3H3,(H,14,15). The summed E-state index contributed by atoms with van der Waals surface area (Å²) in [6.45, 7) is 5.61. The van der Waals surface area contributed by atoms with E-state index >= 15 is 0 Å². The maximum Gasteiger partial charge on any atom is 0.329 e. The van der Waals surface area contributed by atoms with Crippen molar-refractivity contribution < 1.29 is 14.6 Å². The van der Waals surface area contributed by atoms with Crippen molar-refractivity contribution in [1.29, 1.82) is 0 Å². The zero-order valence-corrected chi connectivity index (χ0v) is 10.4. The fraction of sp³-hybridized carbons (Fsp3) is 0.909. The van der Waals surface area contributed by atoms with Gasteiger partial charge < -0.3 is 14.7 Å². The van der Waals surface area contributed by atoms with Crippen LogP contribution in [0.2, 0.25) is 0 Å². The van der Waals surface area contributed by atoms with Crippen LogP contribution in [0.3, 0.4) is 0 Å². The van der Waals surface area contributed by atoms with Gasteiger partial charge in [0.25, 0.3) is 0 Å². The monoisotopic (exact) mass is 230 g/mol. The van der Waals surface area contributed by atoms with Gasteiger partial charge in [-0.2, -0.15) is 0 Å². The summed E-state index contributed by atoms with van der Waals surface area (Å²) in [5.41, 5.74) is -0.253. The van der Waals surface area contributed by atoms with Crippen molar-refractivity contribution in [2.24, 2.45) is 0 Å². The number of aliphatic carboxylic acids is 1. The molecule has 0 aromatic heterocycles. The number of nitrogens with zero attached hydrogens (tertiary/aromatic N) is 2. The molecule has 1 aliphatic rings. The number of hydrogen-bond donors (Lipinski definition) is 1. The number of ether oxygens (including phenoxy) is 1. The minimum Gasteiger partial charge on any atom is -0.480 e. The van der Waals surface area contributed by atoms with Gasteiger partial charge in [-0.05, 0) is 40.5 Å². The van der Waals surface area contributed by atoms with Crippen LogP contribution in [0.4, 0.5) is 0 Å². The summed E-state index contributed by atoms with van der Waals surface area (Å²) in [5, 5.41) is 8.52. The molecular weight excluding hydrogens is 208 g/mol. The van der Waals surface area contributed by atoms with Crippen LogP contribution >= 0.6 is 0 Å². The van der Waals surface area contributed by atoms with Gasteiger partial charge in [-0.25, -0.2) is 4.79 Å². The zero-order valence-electron chi connectivity index (χ0n) is 10.4. The van der Waals surface area contributed by atoms with Gasteiger partial charge in [0, 0.05) is 13.1 Å². The zero-order chi connectivity index (χ0) is 12.2. The predicted molar refractivity (Wildman–Crippen MR) is 61.6 cm³/mol. The smallest absolute Gasteiger partial charge is 0.329 e. The Kier molecular flexibility index (Phi) is 4.70. The molecule has 1 fully saturated rings. The Morgan fingerprint density at radius 2 is 2.12 bits per heavy atom. The second-order valence-electron chi connectivity index (χ2n) is 5.00. The molecule has 94 valence electrons. The highest BCUT2D eigenvalue weighted by molar-refractivity contribution is 5.68. The van der Waals surface area contributed by atoms with E-state index in [1.165, 1.54) is 0 Å². The lowest BCUT2D eigenvalue weighted by molar-refractivity contribution is -0.164. The summed E-state index contributed by atoms with van der Waals surface area (Å²) >= 11 is 0. The van der Waals surface area contributed by atoms with Gasteiger partial charge in [0.15, 0.2) is 0 Å². The van der Waals surface area contributed by atoms with E-state index in [0.717, 1.165) is 32.6 Å². The van der Waals surface area contributed by atoms with Gasteiger partial charge in [-0.3, -0.25) is 4.90 Å². The molecule has 5 nitrogen and oxygen atoms in total. The van der Waals surface area contributed by atoms with Gasteiger partial charge in [0.05, 0.1) is 5.60 Å². The van der Waals surface area contributed by atoms with Crippen LogP contribution in [0.5, 0.6) is 0 Å². The molecule has 0 aromatic carbocycles. The van der Waals surface area contributed by atoms with Crippen LogP contribution in [0.25, 0.3) is 0 Å². The molecule has 16 heavy (non-hydrogen) atoms. The molecular formula is C11H22N2O3. The third kappa shape index (κ3) is 4.47. The third-order valence-electron chi connectivity index (χ3n) is 2.74. The summed E-state index contributed by atoms with van der Waals surface area (Å²) in [7, 11) is 4.13. The lowest BCUT2D eigenvalue weighted by atomic mass is 9.96. The number of hydrogen-bond acceptors (Lipinski definition) is 4. The summed E-state index contributed by atoms with van der Waals surface area (Å²) in [4.78, 5) is 14.8. The van der Waals surface area contributed by atoms with Crippen molar-refractivity contribution in [3.05, 3.63) is 0 Å². The number of carboxylic acids is 1. The van der Waals surface area contributed by atoms with E-state index in [0.29, 0.717) is 0 Å². The highest BCUT2D eigenvalue weighted by atomic mass is 16.5. The maximum atomic E-state index is 10.4. The van der Waals surface area contributed by atoms with Crippen LogP contribution in [0, 0.1) is 0 Å². The van der Waals surface area contributed by atoms with Gasteiger partial charge in [0.1, 0.15) is 6.61 Å². The first-order valence-corrected chi connectivity index (χ1v) is 5.64. The Hall–Kier alpha value is -0.650. The fourth-order valence-corrected chi connectivity index (χ4v) is 2.00. The maximum absolute atomic E-state index is 10.4. The van der Waals surface area contributed by atoms with Gasteiger partial charge in [-0.1, -0.05) is 0 Å². The molecule has 0 saturated carbocycles. The predicted octanol–water partition coefficient (Wildman–Crippen LogP) is 0.114. The molecule has 0 bridgehead atoms. The van der Waals surface area contributed by atoms with Crippen molar-refractivity contribution >= 4 is 5.97 Å². The second kappa shape index (κ2) is 5.61. The first kappa shape index (κ1) is 13.4. The Morgan fingerprint density at radius 1 is 1.50 bits per heavy atom. The number of rotatable bonds is 7. The lowest BCUT2D eigenvalue weighted by Gasteiger charge is -2.47. The van der Waals surface area contributed by atoms with Crippen LogP contribution in [0.15, 0.2) is 0 Å². The molecule has 0 aliphatic carbocycles. The van der Waals surface area contributed by atoms with Crippen molar-refractivity contribution in [3.8, 4) is 0 Å². The summed E-state index contributed by atoms with van der Waals surface area (Å²) in [6.07, 6.45) is 1.14. The highest BCUT2D eigenvalue weighted by Crippen LogP contribution is 2.24. The molecule has 1 aliphatic heterocycles. The van der Waals surface area contributed by atoms with E-state index < -0.39 is 5.97 Å².